The first-order valence-electron chi connectivity index (χ1n) is 6.55. The van der Waals surface area contributed by atoms with Crippen molar-refractivity contribution in [3.05, 3.63) is 42.1 Å². The van der Waals surface area contributed by atoms with Gasteiger partial charge in [0.1, 0.15) is 0 Å². The molecule has 2 rings (SSSR count). The molecular formula is C15H20N4O. The van der Waals surface area contributed by atoms with Crippen LogP contribution in [0.25, 0.3) is 0 Å². The highest BCUT2D eigenvalue weighted by Crippen LogP contribution is 2.15. The molecule has 0 spiro atoms. The Morgan fingerprint density at radius 1 is 1.10 bits per heavy atom. The van der Waals surface area contributed by atoms with E-state index < -0.39 is 0 Å². The van der Waals surface area contributed by atoms with Crippen molar-refractivity contribution < 1.29 is 4.79 Å². The molecule has 0 aliphatic carbocycles. The smallest absolute Gasteiger partial charge is 0.308 e. The minimum Gasteiger partial charge on any atom is -0.308 e. The van der Waals surface area contributed by atoms with Crippen molar-refractivity contribution in [1.29, 1.82) is 0 Å². The van der Waals surface area contributed by atoms with Crippen LogP contribution in [-0.2, 0) is 5.54 Å². The number of nitrogens with zero attached hydrogens (tertiary/aromatic N) is 2. The average Bonchev–Trinajstić information content (AvgIpc) is 2.80. The van der Waals surface area contributed by atoms with E-state index in [4.69, 9.17) is 0 Å². The number of aromatic nitrogens is 2. The van der Waals surface area contributed by atoms with E-state index in [0.29, 0.717) is 5.82 Å². The number of anilines is 2. The van der Waals surface area contributed by atoms with Gasteiger partial charge in [-0.2, -0.15) is 5.10 Å². The third kappa shape index (κ3) is 3.60. The van der Waals surface area contributed by atoms with Crippen molar-refractivity contribution in [2.45, 2.75) is 33.2 Å². The van der Waals surface area contributed by atoms with Crippen molar-refractivity contribution in [1.82, 2.24) is 9.78 Å². The van der Waals surface area contributed by atoms with E-state index in [-0.39, 0.29) is 11.6 Å². The van der Waals surface area contributed by atoms with Crippen LogP contribution in [0.1, 0.15) is 26.3 Å². The Labute approximate surface area is 119 Å². The largest absolute Gasteiger partial charge is 0.324 e. The standard InChI is InChI=1S/C15H20N4O/c1-11-5-7-12(8-6-11)16-14(20)17-13-9-10-19(18-13)15(2,3)4/h5-10H,1-4H3,(H2,16,17,18,20). The summed E-state index contributed by atoms with van der Waals surface area (Å²) in [5.41, 5.74) is 1.80. The Morgan fingerprint density at radius 3 is 2.30 bits per heavy atom. The molecule has 20 heavy (non-hydrogen) atoms. The lowest BCUT2D eigenvalue weighted by Gasteiger charge is -2.18. The maximum absolute atomic E-state index is 11.9. The van der Waals surface area contributed by atoms with Gasteiger partial charge in [-0.3, -0.25) is 10.00 Å². The number of hydrogen-bond donors (Lipinski definition) is 2. The molecule has 0 saturated heterocycles. The second-order valence-corrected chi connectivity index (χ2v) is 5.76. The van der Waals surface area contributed by atoms with Gasteiger partial charge >= 0.3 is 6.03 Å². The first-order valence-corrected chi connectivity index (χ1v) is 6.55. The SMILES string of the molecule is Cc1ccc(NC(=O)Nc2ccn(C(C)(C)C)n2)cc1. The second-order valence-electron chi connectivity index (χ2n) is 5.76. The maximum Gasteiger partial charge on any atom is 0.324 e. The predicted octanol–water partition coefficient (Wildman–Crippen LogP) is 3.59. The first-order chi connectivity index (χ1) is 9.34. The lowest BCUT2D eigenvalue weighted by Crippen LogP contribution is -2.23. The average molecular weight is 272 g/mol. The number of urea groups is 1. The number of hydrogen-bond acceptors (Lipinski definition) is 2. The molecule has 5 heteroatoms. The molecule has 1 heterocycles. The molecule has 2 N–H and O–H groups in total. The Hall–Kier alpha value is -2.30. The Morgan fingerprint density at radius 2 is 1.75 bits per heavy atom. The van der Waals surface area contributed by atoms with Crippen molar-refractivity contribution >= 4 is 17.5 Å². The summed E-state index contributed by atoms with van der Waals surface area (Å²) in [7, 11) is 0. The van der Waals surface area contributed by atoms with E-state index in [1.165, 1.54) is 0 Å². The van der Waals surface area contributed by atoms with Crippen LogP contribution in [0.15, 0.2) is 36.5 Å². The zero-order valence-electron chi connectivity index (χ0n) is 12.3. The van der Waals surface area contributed by atoms with E-state index in [2.05, 4.69) is 36.5 Å². The minimum atomic E-state index is -0.298. The molecule has 0 aliphatic rings. The van der Waals surface area contributed by atoms with Gasteiger partial charge < -0.3 is 5.32 Å². The van der Waals surface area contributed by atoms with Gasteiger partial charge in [0.05, 0.1) is 5.54 Å². The molecule has 0 radical (unpaired) electrons. The van der Waals surface area contributed by atoms with Crippen molar-refractivity contribution in [2.24, 2.45) is 0 Å². The third-order valence-corrected chi connectivity index (χ3v) is 2.83. The highest BCUT2D eigenvalue weighted by atomic mass is 16.2. The summed E-state index contributed by atoms with van der Waals surface area (Å²) in [5, 5.41) is 9.80. The van der Waals surface area contributed by atoms with Gasteiger partial charge in [0, 0.05) is 18.0 Å². The Kier molecular flexibility index (Phi) is 3.79. The first kappa shape index (κ1) is 14.1. The summed E-state index contributed by atoms with van der Waals surface area (Å²) in [6.45, 7) is 8.16. The predicted molar refractivity (Wildman–Crippen MR) is 81.0 cm³/mol. The molecular weight excluding hydrogens is 252 g/mol. The summed E-state index contributed by atoms with van der Waals surface area (Å²) in [6, 6.07) is 9.10. The van der Waals surface area contributed by atoms with Gasteiger partial charge in [-0.25, -0.2) is 4.79 Å². The number of aryl methyl sites for hydroxylation is 1. The highest BCUT2D eigenvalue weighted by Gasteiger charge is 2.14. The fourth-order valence-corrected chi connectivity index (χ4v) is 1.68. The summed E-state index contributed by atoms with van der Waals surface area (Å²) < 4.78 is 1.81. The highest BCUT2D eigenvalue weighted by molar-refractivity contribution is 5.99. The van der Waals surface area contributed by atoms with E-state index >= 15 is 0 Å². The van der Waals surface area contributed by atoms with Crippen molar-refractivity contribution in [3.63, 3.8) is 0 Å². The summed E-state index contributed by atoms with van der Waals surface area (Å²) in [6.07, 6.45) is 1.85. The monoisotopic (exact) mass is 272 g/mol. The van der Waals surface area contributed by atoms with Gasteiger partial charge in [-0.05, 0) is 39.8 Å². The molecule has 106 valence electrons. The van der Waals surface area contributed by atoms with Crippen LogP contribution in [0, 0.1) is 6.92 Å². The van der Waals surface area contributed by atoms with Crippen LogP contribution in [0.2, 0.25) is 0 Å². The van der Waals surface area contributed by atoms with E-state index in [1.807, 2.05) is 42.1 Å². The lowest BCUT2D eigenvalue weighted by molar-refractivity contribution is 0.262. The van der Waals surface area contributed by atoms with Crippen LogP contribution >= 0.6 is 0 Å². The number of benzene rings is 1. The Balaban J connectivity index is 1.98. The number of amides is 2. The zero-order chi connectivity index (χ0) is 14.8. The zero-order valence-corrected chi connectivity index (χ0v) is 12.3. The fraction of sp³-hybridized carbons (Fsp3) is 0.333. The van der Waals surface area contributed by atoms with E-state index in [9.17, 15) is 4.79 Å². The number of carbonyl (C=O) groups excluding carboxylic acids is 1. The van der Waals surface area contributed by atoms with Gasteiger partial charge in [0.15, 0.2) is 5.82 Å². The van der Waals surface area contributed by atoms with Crippen LogP contribution < -0.4 is 10.6 Å². The summed E-state index contributed by atoms with van der Waals surface area (Å²) >= 11 is 0. The number of nitrogens with one attached hydrogen (secondary N) is 2. The summed E-state index contributed by atoms with van der Waals surface area (Å²) in [5.74, 6) is 0.532. The fourth-order valence-electron chi connectivity index (χ4n) is 1.68. The van der Waals surface area contributed by atoms with Gasteiger partial charge in [0.25, 0.3) is 0 Å². The molecule has 2 amide bonds. The number of carbonyl (C=O) groups is 1. The number of rotatable bonds is 2. The van der Waals surface area contributed by atoms with Crippen LogP contribution in [0.4, 0.5) is 16.3 Å². The molecule has 0 aliphatic heterocycles. The van der Waals surface area contributed by atoms with Crippen LogP contribution in [0.3, 0.4) is 0 Å². The molecule has 0 fully saturated rings. The van der Waals surface area contributed by atoms with Crippen LogP contribution in [-0.4, -0.2) is 15.8 Å². The third-order valence-electron chi connectivity index (χ3n) is 2.83. The van der Waals surface area contributed by atoms with Gasteiger partial charge in [-0.15, -0.1) is 0 Å². The molecule has 5 nitrogen and oxygen atoms in total. The molecule has 0 bridgehead atoms. The molecule has 0 unspecified atom stereocenters. The molecule has 1 aromatic heterocycles. The summed E-state index contributed by atoms with van der Waals surface area (Å²) in [4.78, 5) is 11.9. The maximum atomic E-state index is 11.9. The lowest BCUT2D eigenvalue weighted by atomic mass is 10.1. The molecule has 1 aromatic carbocycles. The second kappa shape index (κ2) is 5.36. The van der Waals surface area contributed by atoms with E-state index in [0.717, 1.165) is 11.3 Å². The quantitative estimate of drug-likeness (QED) is 0.877. The van der Waals surface area contributed by atoms with Crippen molar-refractivity contribution in [2.75, 3.05) is 10.6 Å². The van der Waals surface area contributed by atoms with Gasteiger partial charge in [0.2, 0.25) is 0 Å². The van der Waals surface area contributed by atoms with E-state index in [1.54, 1.807) is 6.07 Å². The van der Waals surface area contributed by atoms with Gasteiger partial charge in [-0.1, -0.05) is 17.7 Å². The van der Waals surface area contributed by atoms with Crippen molar-refractivity contribution in [3.8, 4) is 0 Å². The topological polar surface area (TPSA) is 59.0 Å². The van der Waals surface area contributed by atoms with Crippen LogP contribution in [0.5, 0.6) is 0 Å². The molecule has 0 saturated carbocycles. The molecule has 0 atom stereocenters. The molecule has 2 aromatic rings. The normalized spacial score (nSPS) is 11.2. The minimum absolute atomic E-state index is 0.104. The Bertz CT molecular complexity index is 593.